The first kappa shape index (κ1) is 106. The molecule has 0 saturated heterocycles. The highest BCUT2D eigenvalue weighted by Crippen LogP contribution is 2.18. The summed E-state index contributed by atoms with van der Waals surface area (Å²) in [4.78, 5) is 100. The van der Waals surface area contributed by atoms with E-state index >= 15 is 0 Å². The molecular weight excluding hydrogens is 1470 g/mol. The lowest BCUT2D eigenvalue weighted by Crippen LogP contribution is -2.44. The number of nitrogens with zero attached hydrogens (tertiary/aromatic N) is 4. The Morgan fingerprint density at radius 3 is 0.991 bits per heavy atom. The van der Waals surface area contributed by atoms with Gasteiger partial charge in [-0.1, -0.05) is 16.6 Å². The van der Waals surface area contributed by atoms with Crippen molar-refractivity contribution in [3.8, 4) is 0 Å². The van der Waals surface area contributed by atoms with Crippen LogP contribution in [0.1, 0.15) is 86.5 Å². The Bertz CT molecular complexity index is 2260. The third-order valence-corrected chi connectivity index (χ3v) is 13.8. The van der Waals surface area contributed by atoms with Gasteiger partial charge in [-0.25, -0.2) is 9.59 Å². The number of carbonyl (C=O) groups is 7. The molecule has 0 heterocycles. The lowest BCUT2D eigenvalue weighted by atomic mass is 9.91. The Kier molecular flexibility index (Phi) is 74.8. The van der Waals surface area contributed by atoms with Crippen molar-refractivity contribution in [2.75, 3.05) is 310 Å². The summed E-state index contributed by atoms with van der Waals surface area (Å²) in [5.74, 6) is -2.83. The fourth-order valence-corrected chi connectivity index (χ4v) is 8.60. The van der Waals surface area contributed by atoms with E-state index in [1.165, 1.54) is 0 Å². The number of unbranched alkanes of at least 4 members (excludes halogenated alkanes) is 2. The van der Waals surface area contributed by atoms with Crippen LogP contribution in [-0.2, 0) is 133 Å². The number of amides is 6. The maximum Gasteiger partial charge on any atom is 0.444 e. The van der Waals surface area contributed by atoms with E-state index in [0.29, 0.717) is 196 Å². The Morgan fingerprint density at radius 1 is 0.360 bits per heavy atom. The van der Waals surface area contributed by atoms with E-state index in [0.717, 1.165) is 0 Å². The first-order chi connectivity index (χ1) is 53.8. The number of hydrogen-bond acceptors (Lipinski definition) is 33. The van der Waals surface area contributed by atoms with Crippen molar-refractivity contribution in [2.24, 2.45) is 22.5 Å². The number of carbonyl (C=O) groups excluding carboxylic acids is 7. The summed E-state index contributed by atoms with van der Waals surface area (Å²) in [5.41, 5.74) is 17.3. The molecule has 0 aromatic carbocycles. The minimum atomic E-state index is -1.02. The van der Waals surface area contributed by atoms with Crippen molar-refractivity contribution in [1.82, 2.24) is 26.3 Å². The Labute approximate surface area is 655 Å². The summed E-state index contributed by atoms with van der Waals surface area (Å²) in [6.07, 6.45) is 0.0118. The average Bonchev–Trinajstić information content (AvgIpc) is 0.875. The van der Waals surface area contributed by atoms with Gasteiger partial charge in [0.25, 0.3) is 0 Å². The van der Waals surface area contributed by atoms with E-state index in [1.807, 2.05) is 0 Å². The SMILES string of the molecule is CC(C)(C)OC(=O)N(OCCOCCOCCOCCOCCOCCNC(=O)[C@H](CCCCNC(=O)COCCOCCOCCOCCOCCN)CC(=O)[C@H](CCCCNC(=O)COCCOCCOCCOCCOCCN=[N+]=[N-])NC(=O)COCCOCCOCCOCCOCCN)C(=O)OC(C)(C)C. The summed E-state index contributed by atoms with van der Waals surface area (Å²) >= 11 is 0. The number of imide groups is 1. The van der Waals surface area contributed by atoms with Crippen LogP contribution in [0.4, 0.5) is 9.59 Å². The second-order valence-corrected chi connectivity index (χ2v) is 25.7. The number of ether oxygens (including phenoxy) is 22. The molecule has 0 spiro atoms. The normalized spacial score (nSPS) is 12.1. The van der Waals surface area contributed by atoms with Crippen LogP contribution < -0.4 is 32.7 Å². The van der Waals surface area contributed by atoms with Crippen molar-refractivity contribution in [3.05, 3.63) is 10.4 Å². The van der Waals surface area contributed by atoms with Crippen molar-refractivity contribution in [2.45, 2.75) is 104 Å². The van der Waals surface area contributed by atoms with E-state index in [-0.39, 0.29) is 182 Å². The number of rotatable bonds is 83. The smallest absolute Gasteiger partial charge is 0.442 e. The zero-order valence-electron chi connectivity index (χ0n) is 67.0. The van der Waals surface area contributed by atoms with Gasteiger partial charge in [-0.3, -0.25) is 28.8 Å². The van der Waals surface area contributed by atoms with E-state index in [2.05, 4.69) is 31.3 Å². The summed E-state index contributed by atoms with van der Waals surface area (Å²) in [6.45, 7) is 22.5. The van der Waals surface area contributed by atoms with Crippen LogP contribution in [0, 0.1) is 5.92 Å². The summed E-state index contributed by atoms with van der Waals surface area (Å²) < 4.78 is 120. The summed E-state index contributed by atoms with van der Waals surface area (Å²) in [5, 5.41) is 15.1. The molecule has 40 heteroatoms. The fraction of sp³-hybridized carbons (Fsp3) is 0.901. The van der Waals surface area contributed by atoms with Crippen LogP contribution >= 0.6 is 0 Å². The molecule has 0 aliphatic heterocycles. The molecule has 0 unspecified atom stereocenters. The zero-order chi connectivity index (χ0) is 81.5. The highest BCUT2D eigenvalue weighted by atomic mass is 16.8. The minimum absolute atomic E-state index is 0.0481. The maximum absolute atomic E-state index is 14.3. The molecule has 0 fully saturated rings. The number of hydroxylamine groups is 2. The molecule has 6 amide bonds. The molecule has 0 rings (SSSR count). The molecule has 40 nitrogen and oxygen atoms in total. The highest BCUT2D eigenvalue weighted by molar-refractivity contribution is 5.92. The van der Waals surface area contributed by atoms with Crippen molar-refractivity contribution >= 4 is 41.6 Å². The average molecular weight is 1610 g/mol. The first-order valence-electron chi connectivity index (χ1n) is 38.3. The molecule has 8 N–H and O–H groups in total. The Hall–Kier alpha value is -5.32. The van der Waals surface area contributed by atoms with E-state index in [4.69, 9.17) is 126 Å². The van der Waals surface area contributed by atoms with Gasteiger partial charge in [0.2, 0.25) is 23.6 Å². The molecular formula is C71H136N10O30. The molecule has 650 valence electrons. The Morgan fingerprint density at radius 2 is 0.658 bits per heavy atom. The van der Waals surface area contributed by atoms with Gasteiger partial charge in [0.05, 0.1) is 257 Å². The quantitative estimate of drug-likeness (QED) is 0.0165. The van der Waals surface area contributed by atoms with E-state index in [1.54, 1.807) is 41.5 Å². The summed E-state index contributed by atoms with van der Waals surface area (Å²) in [7, 11) is 0. The summed E-state index contributed by atoms with van der Waals surface area (Å²) in [6, 6.07) is -1.01. The maximum atomic E-state index is 14.3. The molecule has 0 saturated carbocycles. The third-order valence-electron chi connectivity index (χ3n) is 13.8. The number of azide groups is 1. The monoisotopic (exact) mass is 1610 g/mol. The number of hydrogen-bond donors (Lipinski definition) is 6. The van der Waals surface area contributed by atoms with Gasteiger partial charge in [0.15, 0.2) is 5.78 Å². The zero-order valence-corrected chi connectivity index (χ0v) is 67.0. The highest BCUT2D eigenvalue weighted by Gasteiger charge is 2.33. The van der Waals surface area contributed by atoms with Crippen molar-refractivity contribution in [3.63, 3.8) is 0 Å². The van der Waals surface area contributed by atoms with Gasteiger partial charge < -0.3 is 137 Å². The molecule has 111 heavy (non-hydrogen) atoms. The lowest BCUT2D eigenvalue weighted by molar-refractivity contribution is -0.148. The fourth-order valence-electron chi connectivity index (χ4n) is 8.60. The minimum Gasteiger partial charge on any atom is -0.442 e. The number of ketones is 1. The van der Waals surface area contributed by atoms with Crippen LogP contribution in [0.2, 0.25) is 0 Å². The topological polar surface area (TPSA) is 484 Å². The first-order valence-corrected chi connectivity index (χ1v) is 38.3. The lowest BCUT2D eigenvalue weighted by Gasteiger charge is -2.27. The van der Waals surface area contributed by atoms with Gasteiger partial charge in [-0.15, -0.1) is 0 Å². The number of nitrogens with one attached hydrogen (secondary N) is 4. The number of Topliss-reactive ketones (excluding diaryl/α,β-unsaturated/α-hetero) is 1. The number of nitrogens with two attached hydrogens (primary N) is 2. The van der Waals surface area contributed by atoms with Crippen LogP contribution in [0.25, 0.3) is 10.4 Å². The van der Waals surface area contributed by atoms with Gasteiger partial charge >= 0.3 is 12.2 Å². The molecule has 0 aromatic rings. The van der Waals surface area contributed by atoms with Gasteiger partial charge in [0, 0.05) is 56.5 Å². The molecule has 0 aromatic heterocycles. The van der Waals surface area contributed by atoms with Crippen LogP contribution in [0.5, 0.6) is 0 Å². The predicted molar refractivity (Wildman–Crippen MR) is 401 cm³/mol. The van der Waals surface area contributed by atoms with Gasteiger partial charge in [-0.2, -0.15) is 0 Å². The Balaban J connectivity index is 5.39. The largest absolute Gasteiger partial charge is 0.444 e. The second kappa shape index (κ2) is 78.6. The van der Waals surface area contributed by atoms with Crippen LogP contribution in [0.15, 0.2) is 5.11 Å². The molecule has 0 bridgehead atoms. The van der Waals surface area contributed by atoms with E-state index in [9.17, 15) is 33.6 Å². The van der Waals surface area contributed by atoms with Crippen molar-refractivity contribution in [1.29, 1.82) is 0 Å². The standard InChI is InChI=1S/C71H136N10O30/c1-70(2,3)110-68(87)81(69(88)111-71(4,5)6)109-56-55-105-48-47-101-40-39-97-37-33-95-29-25-91-21-17-77-67(86)61(11-7-9-15-75-64(83)58-106-52-49-102-44-41-98-35-31-93-27-23-89-19-13-72)57-63(82)62(79-66(85)60-108-54-51-104-46-43-99-36-32-94-28-24-90-20-14-73)12-8-10-16-76-65(84)59-107-53-50-103-45-42-100-38-34-96-30-26-92-22-18-78-80-74/h61-62H,7-60,72-73H2,1-6H3,(H,75,83)(H,76,84)(H,77,86)(H,79,85)/t61-,62+/m1/s1. The van der Waals surface area contributed by atoms with Crippen LogP contribution in [-0.4, -0.2) is 374 Å². The van der Waals surface area contributed by atoms with Crippen LogP contribution in [0.3, 0.4) is 0 Å². The van der Waals surface area contributed by atoms with Gasteiger partial charge in [-0.05, 0) is 79.2 Å². The van der Waals surface area contributed by atoms with E-state index < -0.39 is 47.2 Å². The molecule has 0 aliphatic rings. The van der Waals surface area contributed by atoms with Crippen molar-refractivity contribution < 1.29 is 143 Å². The second-order valence-electron chi connectivity index (χ2n) is 25.7. The molecule has 2 atom stereocenters. The van der Waals surface area contributed by atoms with Gasteiger partial charge in [0.1, 0.15) is 31.0 Å². The predicted octanol–water partition coefficient (Wildman–Crippen LogP) is 1.40. The third kappa shape index (κ3) is 77.1. The molecule has 0 aliphatic carbocycles. The molecule has 0 radical (unpaired) electrons.